The molecule has 1 rings (SSSR count). The highest BCUT2D eigenvalue weighted by molar-refractivity contribution is 7.84. The molecule has 5 nitrogen and oxygen atoms in total. The van der Waals surface area contributed by atoms with E-state index in [1.807, 2.05) is 0 Å². The lowest BCUT2D eigenvalue weighted by molar-refractivity contribution is -0.0512. The van der Waals surface area contributed by atoms with Crippen LogP contribution in [0.4, 0.5) is 8.78 Å². The maximum atomic E-state index is 12.1. The van der Waals surface area contributed by atoms with E-state index in [1.165, 1.54) is 19.1 Å². The number of ether oxygens (including phenoxy) is 1. The van der Waals surface area contributed by atoms with Gasteiger partial charge in [-0.1, -0.05) is 12.1 Å². The summed E-state index contributed by atoms with van der Waals surface area (Å²) in [7, 11) is -4.28. The summed E-state index contributed by atoms with van der Waals surface area (Å²) in [4.78, 5) is 0. The average molecular weight is 253 g/mol. The molecule has 0 aromatic heterocycles. The van der Waals surface area contributed by atoms with Crippen LogP contribution in [0.2, 0.25) is 0 Å². The van der Waals surface area contributed by atoms with Gasteiger partial charge in [0.25, 0.3) is 0 Å². The van der Waals surface area contributed by atoms with Gasteiger partial charge in [-0.05, 0) is 18.6 Å². The van der Waals surface area contributed by atoms with Crippen molar-refractivity contribution in [3.63, 3.8) is 0 Å². The molecule has 0 aliphatic rings. The van der Waals surface area contributed by atoms with E-state index in [0.717, 1.165) is 6.07 Å². The van der Waals surface area contributed by atoms with E-state index < -0.39 is 16.9 Å². The molecule has 90 valence electrons. The lowest BCUT2D eigenvalue weighted by Crippen LogP contribution is -2.19. The zero-order valence-corrected chi connectivity index (χ0v) is 9.00. The quantitative estimate of drug-likeness (QED) is 0.873. The molecule has 0 fully saturated rings. The normalized spacial score (nSPS) is 11.6. The molecule has 0 unspecified atom stereocenters. The fraction of sp³-hybridized carbons (Fsp3) is 0.250. The summed E-state index contributed by atoms with van der Waals surface area (Å²) in [6.45, 7) is -1.61. The molecule has 0 heterocycles. The molecule has 2 N–H and O–H groups in total. The number of benzene rings is 1. The van der Waals surface area contributed by atoms with Gasteiger partial charge >= 0.3 is 16.9 Å². The van der Waals surface area contributed by atoms with Gasteiger partial charge in [-0.3, -0.25) is 0 Å². The van der Waals surface area contributed by atoms with Crippen molar-refractivity contribution in [2.24, 2.45) is 5.14 Å². The first-order valence-corrected chi connectivity index (χ1v) is 5.53. The first kappa shape index (κ1) is 12.7. The van der Waals surface area contributed by atoms with E-state index in [0.29, 0.717) is 5.56 Å². The van der Waals surface area contributed by atoms with Crippen molar-refractivity contribution in [1.29, 1.82) is 0 Å². The summed E-state index contributed by atoms with van der Waals surface area (Å²) in [6.07, 6.45) is 0. The Bertz CT molecular complexity index is 475. The van der Waals surface area contributed by atoms with Crippen LogP contribution in [0.25, 0.3) is 0 Å². The number of halogens is 2. The van der Waals surface area contributed by atoms with Gasteiger partial charge in [0.15, 0.2) is 11.5 Å². The Morgan fingerprint density at radius 3 is 2.50 bits per heavy atom. The summed E-state index contributed by atoms with van der Waals surface area (Å²) in [5.41, 5.74) is 0.307. The van der Waals surface area contributed by atoms with Crippen molar-refractivity contribution < 1.29 is 26.1 Å². The summed E-state index contributed by atoms with van der Waals surface area (Å²) >= 11 is 0. The number of hydrogen-bond acceptors (Lipinski definition) is 4. The van der Waals surface area contributed by atoms with Gasteiger partial charge in [0, 0.05) is 0 Å². The summed E-state index contributed by atoms with van der Waals surface area (Å²) in [5, 5.41) is 4.62. The van der Waals surface area contributed by atoms with Gasteiger partial charge in [0.2, 0.25) is 0 Å². The van der Waals surface area contributed by atoms with Crippen LogP contribution in [0.15, 0.2) is 18.2 Å². The van der Waals surface area contributed by atoms with Gasteiger partial charge in [-0.25, -0.2) is 0 Å². The van der Waals surface area contributed by atoms with Gasteiger partial charge in [-0.2, -0.15) is 22.3 Å². The molecule has 0 saturated heterocycles. The molecule has 0 atom stereocenters. The van der Waals surface area contributed by atoms with Crippen LogP contribution < -0.4 is 14.1 Å². The minimum absolute atomic E-state index is 0.307. The van der Waals surface area contributed by atoms with Crippen LogP contribution in [0, 0.1) is 6.92 Å². The lowest BCUT2D eigenvalue weighted by atomic mass is 10.2. The molecule has 16 heavy (non-hydrogen) atoms. The van der Waals surface area contributed by atoms with Crippen LogP contribution in [0.1, 0.15) is 5.56 Å². The van der Waals surface area contributed by atoms with Crippen molar-refractivity contribution in [1.82, 2.24) is 0 Å². The van der Waals surface area contributed by atoms with E-state index in [2.05, 4.69) is 14.1 Å². The molecule has 1 aromatic carbocycles. The van der Waals surface area contributed by atoms with E-state index in [4.69, 9.17) is 0 Å². The minimum Gasteiger partial charge on any atom is -0.431 e. The second-order valence-electron chi connectivity index (χ2n) is 2.86. The third-order valence-corrected chi connectivity index (χ3v) is 2.00. The summed E-state index contributed by atoms with van der Waals surface area (Å²) in [6, 6.07) is 4.05. The predicted molar refractivity (Wildman–Crippen MR) is 51.5 cm³/mol. The number of rotatable bonds is 4. The zero-order valence-electron chi connectivity index (χ0n) is 8.18. The standard InChI is InChI=1S/C8H9F2NO4S/c1-5-3-2-4-6(15-16(11,12)13)7(5)14-8(9)10/h2-4,8H,1H3,(H2,11,12,13). The number of hydrogen-bond donors (Lipinski definition) is 1. The van der Waals surface area contributed by atoms with Crippen LogP contribution in [0.3, 0.4) is 0 Å². The van der Waals surface area contributed by atoms with Crippen molar-refractivity contribution in [3.05, 3.63) is 23.8 Å². The maximum Gasteiger partial charge on any atom is 0.387 e. The smallest absolute Gasteiger partial charge is 0.387 e. The molecule has 0 aliphatic heterocycles. The molecule has 0 radical (unpaired) electrons. The maximum absolute atomic E-state index is 12.1. The SMILES string of the molecule is Cc1cccc(OS(N)(=O)=O)c1OC(F)F. The van der Waals surface area contributed by atoms with Gasteiger partial charge in [0.1, 0.15) is 0 Å². The Labute approximate surface area is 91.0 Å². The van der Waals surface area contributed by atoms with Crippen LogP contribution >= 0.6 is 0 Å². The highest BCUT2D eigenvalue weighted by Crippen LogP contribution is 2.32. The first-order chi connectivity index (χ1) is 7.29. The molecular formula is C8H9F2NO4S. The zero-order chi connectivity index (χ0) is 12.3. The molecule has 0 saturated carbocycles. The van der Waals surface area contributed by atoms with E-state index in [1.54, 1.807) is 0 Å². The first-order valence-electron chi connectivity index (χ1n) is 4.06. The number of aryl methyl sites for hydroxylation is 1. The fourth-order valence-electron chi connectivity index (χ4n) is 1.06. The fourth-order valence-corrected chi connectivity index (χ4v) is 1.44. The minimum atomic E-state index is -4.28. The summed E-state index contributed by atoms with van der Waals surface area (Å²) in [5.74, 6) is -0.727. The second kappa shape index (κ2) is 4.62. The Balaban J connectivity index is 3.12. The second-order valence-corrected chi connectivity index (χ2v) is 4.01. The molecule has 1 aromatic rings. The monoisotopic (exact) mass is 253 g/mol. The largest absolute Gasteiger partial charge is 0.431 e. The Kier molecular flexibility index (Phi) is 3.66. The third-order valence-electron chi connectivity index (χ3n) is 1.59. The van der Waals surface area contributed by atoms with Crippen LogP contribution in [0.5, 0.6) is 11.5 Å². The highest BCUT2D eigenvalue weighted by Gasteiger charge is 2.16. The Morgan fingerprint density at radius 2 is 2.00 bits per heavy atom. The number of nitrogens with two attached hydrogens (primary N) is 1. The van der Waals surface area contributed by atoms with Crippen molar-refractivity contribution >= 4 is 10.3 Å². The molecular weight excluding hydrogens is 244 g/mol. The summed E-state index contributed by atoms with van der Waals surface area (Å²) < 4.78 is 53.9. The molecule has 0 spiro atoms. The van der Waals surface area contributed by atoms with Crippen LogP contribution in [-0.4, -0.2) is 15.0 Å². The molecule has 0 amide bonds. The average Bonchev–Trinajstić information content (AvgIpc) is 2.08. The van der Waals surface area contributed by atoms with E-state index in [9.17, 15) is 17.2 Å². The topological polar surface area (TPSA) is 78.6 Å². The predicted octanol–water partition coefficient (Wildman–Crippen LogP) is 1.18. The molecule has 0 bridgehead atoms. The van der Waals surface area contributed by atoms with Gasteiger partial charge < -0.3 is 8.92 Å². The number of alkyl halides is 2. The highest BCUT2D eigenvalue weighted by atomic mass is 32.2. The Hall–Kier alpha value is -1.41. The molecule has 0 aliphatic carbocycles. The third kappa shape index (κ3) is 3.63. The van der Waals surface area contributed by atoms with Gasteiger partial charge in [-0.15, -0.1) is 0 Å². The van der Waals surface area contributed by atoms with Crippen molar-refractivity contribution in [2.75, 3.05) is 0 Å². The van der Waals surface area contributed by atoms with Crippen molar-refractivity contribution in [2.45, 2.75) is 13.5 Å². The van der Waals surface area contributed by atoms with Gasteiger partial charge in [0.05, 0.1) is 0 Å². The molecule has 8 heteroatoms. The lowest BCUT2D eigenvalue weighted by Gasteiger charge is -2.12. The van der Waals surface area contributed by atoms with E-state index >= 15 is 0 Å². The number of para-hydroxylation sites is 1. The van der Waals surface area contributed by atoms with E-state index in [-0.39, 0.29) is 11.5 Å². The Morgan fingerprint density at radius 1 is 1.38 bits per heavy atom. The van der Waals surface area contributed by atoms with Crippen LogP contribution in [-0.2, 0) is 10.3 Å². The van der Waals surface area contributed by atoms with Crippen molar-refractivity contribution in [3.8, 4) is 11.5 Å².